The summed E-state index contributed by atoms with van der Waals surface area (Å²) >= 11 is 12.3. The van der Waals surface area contributed by atoms with Gasteiger partial charge in [0.2, 0.25) is 5.91 Å². The molecule has 1 aliphatic carbocycles. The van der Waals surface area contributed by atoms with Gasteiger partial charge in [-0.3, -0.25) is 4.79 Å². The molecule has 5 nitrogen and oxygen atoms in total. The third kappa shape index (κ3) is 3.50. The number of likely N-dealkylation sites (tertiary alicyclic amines) is 1. The van der Waals surface area contributed by atoms with E-state index in [2.05, 4.69) is 20.9 Å². The minimum Gasteiger partial charge on any atom is -0.354 e. The molecule has 1 atom stereocenters. The summed E-state index contributed by atoms with van der Waals surface area (Å²) in [7, 11) is 0. The van der Waals surface area contributed by atoms with E-state index in [1.165, 1.54) is 0 Å². The van der Waals surface area contributed by atoms with Crippen LogP contribution in [0.15, 0.2) is 12.3 Å². The molecule has 3 aliphatic rings. The van der Waals surface area contributed by atoms with Crippen molar-refractivity contribution in [1.82, 2.24) is 9.88 Å². The Bertz CT molecular complexity index is 772. The highest BCUT2D eigenvalue weighted by molar-refractivity contribution is 6.36. The fourth-order valence-corrected chi connectivity index (χ4v) is 5.54. The van der Waals surface area contributed by atoms with Crippen LogP contribution in [0.2, 0.25) is 10.0 Å². The van der Waals surface area contributed by atoms with Crippen LogP contribution in [0.3, 0.4) is 0 Å². The molecule has 1 unspecified atom stereocenters. The SMILES string of the molecule is N#CC1CCC(N2CCC3(CCCN(c4ncc(Cl)cc4Cl)C3)C2=O)CC1. The molecule has 3 heterocycles. The number of hydrogen-bond acceptors (Lipinski definition) is 4. The second kappa shape index (κ2) is 7.48. The molecule has 0 aromatic carbocycles. The van der Waals surface area contributed by atoms with Crippen LogP contribution >= 0.6 is 23.2 Å². The van der Waals surface area contributed by atoms with Gasteiger partial charge in [-0.05, 0) is 51.0 Å². The molecule has 3 fully saturated rings. The molecule has 0 radical (unpaired) electrons. The first-order valence-electron chi connectivity index (χ1n) is 9.79. The van der Waals surface area contributed by atoms with Gasteiger partial charge >= 0.3 is 0 Å². The van der Waals surface area contributed by atoms with E-state index < -0.39 is 0 Å². The smallest absolute Gasteiger partial charge is 0.230 e. The number of aromatic nitrogens is 1. The van der Waals surface area contributed by atoms with Gasteiger partial charge in [0.15, 0.2) is 0 Å². The first kappa shape index (κ1) is 18.8. The van der Waals surface area contributed by atoms with E-state index in [1.54, 1.807) is 12.3 Å². The van der Waals surface area contributed by atoms with Crippen molar-refractivity contribution in [3.63, 3.8) is 0 Å². The first-order chi connectivity index (χ1) is 13.0. The molecule has 27 heavy (non-hydrogen) atoms. The van der Waals surface area contributed by atoms with E-state index in [4.69, 9.17) is 28.5 Å². The molecule has 144 valence electrons. The van der Waals surface area contributed by atoms with E-state index >= 15 is 0 Å². The van der Waals surface area contributed by atoms with E-state index in [9.17, 15) is 4.79 Å². The molecule has 2 aliphatic heterocycles. The lowest BCUT2D eigenvalue weighted by Gasteiger charge is -2.41. The number of anilines is 1. The molecule has 1 aromatic rings. The van der Waals surface area contributed by atoms with Crippen LogP contribution in [0.4, 0.5) is 5.82 Å². The predicted octanol–water partition coefficient (Wildman–Crippen LogP) is 4.29. The number of nitriles is 1. The molecular formula is C20H24Cl2N4O. The monoisotopic (exact) mass is 406 g/mol. The Morgan fingerprint density at radius 1 is 1.19 bits per heavy atom. The van der Waals surface area contributed by atoms with Gasteiger partial charge in [-0.15, -0.1) is 0 Å². The van der Waals surface area contributed by atoms with Gasteiger partial charge in [-0.1, -0.05) is 23.2 Å². The molecule has 4 rings (SSSR count). The summed E-state index contributed by atoms with van der Waals surface area (Å²) in [6, 6.07) is 4.39. The third-order valence-electron chi connectivity index (χ3n) is 6.53. The van der Waals surface area contributed by atoms with Gasteiger partial charge in [0.05, 0.1) is 21.5 Å². The Balaban J connectivity index is 1.49. The van der Waals surface area contributed by atoms with Crippen LogP contribution in [-0.4, -0.2) is 41.5 Å². The molecule has 1 spiro atoms. The summed E-state index contributed by atoms with van der Waals surface area (Å²) in [6.07, 6.45) is 8.12. The summed E-state index contributed by atoms with van der Waals surface area (Å²) < 4.78 is 0. The Kier molecular flexibility index (Phi) is 5.22. The summed E-state index contributed by atoms with van der Waals surface area (Å²) in [5.41, 5.74) is -0.324. The summed E-state index contributed by atoms with van der Waals surface area (Å²) in [6.45, 7) is 2.36. The van der Waals surface area contributed by atoms with Crippen LogP contribution < -0.4 is 4.90 Å². The topological polar surface area (TPSA) is 60.2 Å². The first-order valence-corrected chi connectivity index (χ1v) is 10.5. The zero-order valence-corrected chi connectivity index (χ0v) is 16.8. The lowest BCUT2D eigenvalue weighted by molar-refractivity contribution is -0.139. The average Bonchev–Trinajstić information content (AvgIpc) is 2.98. The maximum Gasteiger partial charge on any atom is 0.230 e. The number of carbonyl (C=O) groups is 1. The zero-order valence-electron chi connectivity index (χ0n) is 15.3. The normalized spacial score (nSPS) is 31.4. The van der Waals surface area contributed by atoms with Crippen LogP contribution in [0, 0.1) is 22.7 Å². The molecule has 2 saturated heterocycles. The Labute approximate surface area is 170 Å². The van der Waals surface area contributed by atoms with Gasteiger partial charge < -0.3 is 9.80 Å². The second-order valence-electron chi connectivity index (χ2n) is 8.15. The van der Waals surface area contributed by atoms with Crippen LogP contribution in [0.1, 0.15) is 44.9 Å². The molecule has 0 N–H and O–H groups in total. The molecular weight excluding hydrogens is 383 g/mol. The standard InChI is InChI=1S/C20H24Cl2N4O/c21-15-10-17(22)18(24-12-15)25-8-1-6-20(13-25)7-9-26(19(20)27)16-4-2-14(11-23)3-5-16/h10,12,14,16H,1-9,13H2. The van der Waals surface area contributed by atoms with Crippen LogP contribution in [-0.2, 0) is 4.79 Å². The molecule has 0 bridgehead atoms. The van der Waals surface area contributed by atoms with Crippen molar-refractivity contribution >= 4 is 34.9 Å². The average molecular weight is 407 g/mol. The maximum absolute atomic E-state index is 13.4. The number of piperidine rings is 1. The fraction of sp³-hybridized carbons (Fsp3) is 0.650. The van der Waals surface area contributed by atoms with Gasteiger partial charge in [0, 0.05) is 37.8 Å². The summed E-state index contributed by atoms with van der Waals surface area (Å²) in [4.78, 5) is 22.1. The van der Waals surface area contributed by atoms with Crippen molar-refractivity contribution in [2.24, 2.45) is 11.3 Å². The lowest BCUT2D eigenvalue weighted by atomic mass is 9.78. The molecule has 1 saturated carbocycles. The summed E-state index contributed by atoms with van der Waals surface area (Å²) in [5.74, 6) is 1.18. The Hall–Kier alpha value is -1.51. The summed E-state index contributed by atoms with van der Waals surface area (Å²) in [5, 5.41) is 10.2. The second-order valence-corrected chi connectivity index (χ2v) is 8.99. The van der Waals surface area contributed by atoms with Crippen molar-refractivity contribution in [2.75, 3.05) is 24.5 Å². The third-order valence-corrected chi connectivity index (χ3v) is 7.02. The van der Waals surface area contributed by atoms with Crippen LogP contribution in [0.25, 0.3) is 0 Å². The fourth-order valence-electron chi connectivity index (χ4n) is 5.04. The highest BCUT2D eigenvalue weighted by Gasteiger charge is 2.51. The molecule has 1 aromatic heterocycles. The number of rotatable bonds is 2. The van der Waals surface area contributed by atoms with E-state index in [1.807, 2.05) is 0 Å². The lowest BCUT2D eigenvalue weighted by Crippen LogP contribution is -2.50. The van der Waals surface area contributed by atoms with Crippen molar-refractivity contribution < 1.29 is 4.79 Å². The number of amides is 1. The maximum atomic E-state index is 13.4. The Morgan fingerprint density at radius 3 is 2.67 bits per heavy atom. The Morgan fingerprint density at radius 2 is 1.96 bits per heavy atom. The van der Waals surface area contributed by atoms with Gasteiger partial charge in [0.25, 0.3) is 0 Å². The molecule has 1 amide bonds. The van der Waals surface area contributed by atoms with Crippen molar-refractivity contribution in [3.8, 4) is 6.07 Å². The number of nitrogens with zero attached hydrogens (tertiary/aromatic N) is 4. The van der Waals surface area contributed by atoms with Crippen molar-refractivity contribution in [1.29, 1.82) is 5.26 Å². The van der Waals surface area contributed by atoms with Crippen LogP contribution in [0.5, 0.6) is 0 Å². The number of pyridine rings is 1. The zero-order chi connectivity index (χ0) is 19.0. The highest BCUT2D eigenvalue weighted by atomic mass is 35.5. The number of halogens is 2. The largest absolute Gasteiger partial charge is 0.354 e. The predicted molar refractivity (Wildman–Crippen MR) is 106 cm³/mol. The highest BCUT2D eigenvalue weighted by Crippen LogP contribution is 2.44. The van der Waals surface area contributed by atoms with Gasteiger partial charge in [-0.25, -0.2) is 4.98 Å². The molecule has 7 heteroatoms. The minimum absolute atomic E-state index is 0.163. The number of carbonyl (C=O) groups excluding carboxylic acids is 1. The van der Waals surface area contributed by atoms with Gasteiger partial charge in [0.1, 0.15) is 5.82 Å². The van der Waals surface area contributed by atoms with E-state index in [-0.39, 0.29) is 17.2 Å². The van der Waals surface area contributed by atoms with E-state index in [0.717, 1.165) is 63.9 Å². The van der Waals surface area contributed by atoms with Gasteiger partial charge in [-0.2, -0.15) is 5.26 Å². The number of hydrogen-bond donors (Lipinski definition) is 0. The van der Waals surface area contributed by atoms with Crippen molar-refractivity contribution in [2.45, 2.75) is 51.0 Å². The van der Waals surface area contributed by atoms with E-state index in [0.29, 0.717) is 22.6 Å². The quantitative estimate of drug-likeness (QED) is 0.734. The van der Waals surface area contributed by atoms with Crippen molar-refractivity contribution in [3.05, 3.63) is 22.3 Å². The minimum atomic E-state index is -0.324.